The minimum absolute atomic E-state index is 0.0525. The molecule has 0 aliphatic rings. The van der Waals surface area contributed by atoms with Gasteiger partial charge in [0.05, 0.1) is 17.2 Å². The van der Waals surface area contributed by atoms with Crippen molar-refractivity contribution in [1.82, 2.24) is 20.5 Å². The SMILES string of the molecule is CCOc1ccc(C[C@@H](NC(=O)c2cnc(Cl)c(Cl)c2)C(=O)N(CCc2ccccc2)C(=O)NCc2ccc(CN)cc2)cc1. The molecule has 4 rings (SSSR count). The number of urea groups is 1. The first-order valence-electron chi connectivity index (χ1n) is 14.5. The van der Waals surface area contributed by atoms with E-state index in [1.807, 2.05) is 73.7 Å². The van der Waals surface area contributed by atoms with Crippen LogP contribution in [0.2, 0.25) is 10.2 Å². The van der Waals surface area contributed by atoms with Crippen molar-refractivity contribution in [2.45, 2.75) is 38.9 Å². The topological polar surface area (TPSA) is 127 Å². The third kappa shape index (κ3) is 9.78. The molecule has 0 aliphatic heterocycles. The zero-order chi connectivity index (χ0) is 32.2. The summed E-state index contributed by atoms with van der Waals surface area (Å²) in [6.45, 7) is 3.10. The molecular weight excluding hydrogens is 613 g/mol. The van der Waals surface area contributed by atoms with Crippen LogP contribution >= 0.6 is 23.2 Å². The number of halogens is 2. The van der Waals surface area contributed by atoms with Crippen LogP contribution in [0.4, 0.5) is 4.79 Å². The quantitative estimate of drug-likeness (QED) is 0.163. The van der Waals surface area contributed by atoms with E-state index in [-0.39, 0.29) is 35.2 Å². The van der Waals surface area contributed by atoms with Crippen LogP contribution in [-0.2, 0) is 30.7 Å². The third-order valence-corrected chi connectivity index (χ3v) is 7.70. The van der Waals surface area contributed by atoms with Crippen LogP contribution in [-0.4, -0.2) is 46.9 Å². The zero-order valence-corrected chi connectivity index (χ0v) is 26.4. The summed E-state index contributed by atoms with van der Waals surface area (Å²) in [7, 11) is 0. The van der Waals surface area contributed by atoms with Gasteiger partial charge in [0.15, 0.2) is 0 Å². The predicted molar refractivity (Wildman–Crippen MR) is 175 cm³/mol. The summed E-state index contributed by atoms with van der Waals surface area (Å²) in [4.78, 5) is 46.3. The van der Waals surface area contributed by atoms with E-state index in [0.717, 1.165) is 27.2 Å². The fraction of sp³-hybridized carbons (Fsp3) is 0.235. The van der Waals surface area contributed by atoms with Crippen molar-refractivity contribution in [1.29, 1.82) is 0 Å². The van der Waals surface area contributed by atoms with Crippen molar-refractivity contribution in [3.8, 4) is 5.75 Å². The first kappa shape index (κ1) is 33.5. The summed E-state index contributed by atoms with van der Waals surface area (Å²) >= 11 is 12.0. The predicted octanol–water partition coefficient (Wildman–Crippen LogP) is 5.57. The number of amides is 4. The van der Waals surface area contributed by atoms with Gasteiger partial charge in [-0.05, 0) is 53.8 Å². The Bertz CT molecular complexity index is 1580. The molecule has 4 amide bonds. The van der Waals surface area contributed by atoms with Crippen molar-refractivity contribution in [2.75, 3.05) is 13.2 Å². The number of imide groups is 1. The number of hydrogen-bond acceptors (Lipinski definition) is 6. The molecule has 0 fully saturated rings. The summed E-state index contributed by atoms with van der Waals surface area (Å²) in [6, 6.07) is 24.0. The maximum atomic E-state index is 14.2. The number of aromatic nitrogens is 1. The number of nitrogens with two attached hydrogens (primary N) is 1. The van der Waals surface area contributed by atoms with Crippen LogP contribution in [0.25, 0.3) is 0 Å². The molecule has 4 aromatic rings. The molecule has 1 heterocycles. The van der Waals surface area contributed by atoms with Gasteiger partial charge in [-0.25, -0.2) is 9.78 Å². The lowest BCUT2D eigenvalue weighted by molar-refractivity contribution is -0.130. The number of rotatable bonds is 13. The highest BCUT2D eigenvalue weighted by molar-refractivity contribution is 6.41. The summed E-state index contributed by atoms with van der Waals surface area (Å²) < 4.78 is 5.54. The second kappa shape index (κ2) is 16.6. The summed E-state index contributed by atoms with van der Waals surface area (Å²) in [5.41, 5.74) is 9.35. The second-order valence-electron chi connectivity index (χ2n) is 10.2. The van der Waals surface area contributed by atoms with E-state index in [2.05, 4.69) is 15.6 Å². The number of nitrogens with zero attached hydrogens (tertiary/aromatic N) is 2. The van der Waals surface area contributed by atoms with E-state index in [4.69, 9.17) is 33.7 Å². The van der Waals surface area contributed by atoms with Gasteiger partial charge in [0, 0.05) is 32.3 Å². The van der Waals surface area contributed by atoms with Crippen molar-refractivity contribution >= 4 is 41.0 Å². The van der Waals surface area contributed by atoms with E-state index in [9.17, 15) is 14.4 Å². The van der Waals surface area contributed by atoms with E-state index in [0.29, 0.717) is 25.3 Å². The highest BCUT2D eigenvalue weighted by Crippen LogP contribution is 2.20. The van der Waals surface area contributed by atoms with E-state index >= 15 is 0 Å². The van der Waals surface area contributed by atoms with Crippen LogP contribution in [0.3, 0.4) is 0 Å². The van der Waals surface area contributed by atoms with Crippen molar-refractivity contribution in [3.05, 3.63) is 129 Å². The molecule has 0 radical (unpaired) electrons. The second-order valence-corrected chi connectivity index (χ2v) is 11.0. The lowest BCUT2D eigenvalue weighted by atomic mass is 10.0. The Morgan fingerprint density at radius 3 is 2.22 bits per heavy atom. The third-order valence-electron chi connectivity index (χ3n) is 7.02. The molecule has 0 spiro atoms. The largest absolute Gasteiger partial charge is 0.494 e. The molecule has 9 nitrogen and oxygen atoms in total. The molecular formula is C34H35Cl2N5O4. The molecule has 1 atom stereocenters. The average molecular weight is 649 g/mol. The van der Waals surface area contributed by atoms with Crippen molar-refractivity contribution in [2.24, 2.45) is 5.73 Å². The molecule has 45 heavy (non-hydrogen) atoms. The Morgan fingerprint density at radius 1 is 0.911 bits per heavy atom. The van der Waals surface area contributed by atoms with Gasteiger partial charge in [-0.1, -0.05) is 89.9 Å². The van der Waals surface area contributed by atoms with Gasteiger partial charge in [-0.15, -0.1) is 0 Å². The Hall–Kier alpha value is -4.44. The highest BCUT2D eigenvalue weighted by atomic mass is 35.5. The Labute approximate surface area is 272 Å². The number of nitrogens with one attached hydrogen (secondary N) is 2. The average Bonchev–Trinajstić information content (AvgIpc) is 3.06. The number of pyridine rings is 1. The van der Waals surface area contributed by atoms with E-state index in [1.54, 1.807) is 12.1 Å². The van der Waals surface area contributed by atoms with Gasteiger partial charge in [0.1, 0.15) is 16.9 Å². The number of benzene rings is 3. The maximum Gasteiger partial charge on any atom is 0.324 e. The molecule has 4 N–H and O–H groups in total. The van der Waals surface area contributed by atoms with E-state index < -0.39 is 23.9 Å². The van der Waals surface area contributed by atoms with Gasteiger partial charge in [-0.3, -0.25) is 14.5 Å². The molecule has 0 aliphatic carbocycles. The fourth-order valence-electron chi connectivity index (χ4n) is 4.56. The first-order valence-corrected chi connectivity index (χ1v) is 15.3. The number of carbonyl (C=O) groups is 3. The van der Waals surface area contributed by atoms with Gasteiger partial charge >= 0.3 is 6.03 Å². The molecule has 0 saturated carbocycles. The Morgan fingerprint density at radius 2 is 1.58 bits per heavy atom. The molecule has 3 aromatic carbocycles. The number of ether oxygens (including phenoxy) is 1. The maximum absolute atomic E-state index is 14.2. The molecule has 11 heteroatoms. The Kier molecular flexibility index (Phi) is 12.3. The van der Waals surface area contributed by atoms with Crippen LogP contribution in [0, 0.1) is 0 Å². The monoisotopic (exact) mass is 647 g/mol. The minimum atomic E-state index is -1.10. The highest BCUT2D eigenvalue weighted by Gasteiger charge is 2.31. The smallest absolute Gasteiger partial charge is 0.324 e. The molecule has 0 unspecified atom stereocenters. The van der Waals surface area contributed by atoms with Gasteiger partial charge in [0.25, 0.3) is 11.8 Å². The van der Waals surface area contributed by atoms with Crippen LogP contribution < -0.4 is 21.1 Å². The lowest BCUT2D eigenvalue weighted by Gasteiger charge is -2.27. The molecule has 234 valence electrons. The fourth-order valence-corrected chi connectivity index (χ4v) is 4.83. The van der Waals surface area contributed by atoms with Gasteiger partial charge in [0.2, 0.25) is 0 Å². The normalized spacial score (nSPS) is 11.4. The van der Waals surface area contributed by atoms with Crippen LogP contribution in [0.5, 0.6) is 5.75 Å². The number of carbonyl (C=O) groups excluding carboxylic acids is 3. The zero-order valence-electron chi connectivity index (χ0n) is 24.8. The lowest BCUT2D eigenvalue weighted by Crippen LogP contribution is -2.54. The molecule has 1 aromatic heterocycles. The molecule has 0 saturated heterocycles. The summed E-state index contributed by atoms with van der Waals surface area (Å²) in [5.74, 6) is -0.482. The van der Waals surface area contributed by atoms with Gasteiger partial charge < -0.3 is 21.1 Å². The minimum Gasteiger partial charge on any atom is -0.494 e. The van der Waals surface area contributed by atoms with Crippen molar-refractivity contribution < 1.29 is 19.1 Å². The van der Waals surface area contributed by atoms with E-state index in [1.165, 1.54) is 12.3 Å². The standard InChI is InChI=1S/C34H35Cl2N5O4/c1-2-45-28-14-12-24(13-15-28)18-30(40-32(42)27-19-29(35)31(36)38-22-27)33(43)41(17-16-23-6-4-3-5-7-23)34(44)39-21-26-10-8-25(20-37)9-11-26/h3-15,19,22,30H,2,16-18,20-21,37H2,1H3,(H,39,44)(H,40,42)/t30-/m1/s1. The first-order chi connectivity index (χ1) is 21.8. The van der Waals surface area contributed by atoms with Crippen LogP contribution in [0.15, 0.2) is 91.1 Å². The van der Waals surface area contributed by atoms with Crippen molar-refractivity contribution in [3.63, 3.8) is 0 Å². The van der Waals surface area contributed by atoms with Gasteiger partial charge in [-0.2, -0.15) is 0 Å². The Balaban J connectivity index is 1.60. The summed E-state index contributed by atoms with van der Waals surface area (Å²) in [5, 5.41) is 5.80. The number of hydrogen-bond donors (Lipinski definition) is 3. The van der Waals surface area contributed by atoms with Crippen LogP contribution in [0.1, 0.15) is 39.5 Å². The summed E-state index contributed by atoms with van der Waals surface area (Å²) in [6.07, 6.45) is 1.81. The molecule has 0 bridgehead atoms.